The number of rotatable bonds is 7. The van der Waals surface area contributed by atoms with Gasteiger partial charge in [-0.1, -0.05) is 29.8 Å². The number of ether oxygens (including phenoxy) is 1. The summed E-state index contributed by atoms with van der Waals surface area (Å²) in [5.41, 5.74) is 3.11. The van der Waals surface area contributed by atoms with Gasteiger partial charge in [-0.05, 0) is 43.7 Å². The first kappa shape index (κ1) is 18.5. The van der Waals surface area contributed by atoms with E-state index < -0.39 is 0 Å². The lowest BCUT2D eigenvalue weighted by atomic mass is 10.2. The Morgan fingerprint density at radius 3 is 2.96 bits per heavy atom. The molecule has 0 unspecified atom stereocenters. The molecule has 7 heteroatoms. The molecule has 0 fully saturated rings. The van der Waals surface area contributed by atoms with Gasteiger partial charge in [-0.3, -0.25) is 10.1 Å². The van der Waals surface area contributed by atoms with Crippen LogP contribution in [0.15, 0.2) is 48.5 Å². The number of H-pyrrole nitrogens is 1. The second-order valence-electron chi connectivity index (χ2n) is 6.49. The molecule has 2 N–H and O–H groups in total. The van der Waals surface area contributed by atoms with Crippen molar-refractivity contribution in [1.29, 1.82) is 0 Å². The third kappa shape index (κ3) is 3.74. The molecule has 0 aliphatic rings. The Kier molecular flexibility index (Phi) is 5.32. The van der Waals surface area contributed by atoms with Crippen molar-refractivity contribution < 1.29 is 9.53 Å². The lowest BCUT2D eigenvalue weighted by Gasteiger charge is -2.10. The van der Waals surface area contributed by atoms with Crippen LogP contribution in [0.4, 0.5) is 5.95 Å². The van der Waals surface area contributed by atoms with E-state index in [2.05, 4.69) is 15.3 Å². The van der Waals surface area contributed by atoms with Crippen molar-refractivity contribution in [3.05, 3.63) is 59.2 Å². The van der Waals surface area contributed by atoms with Gasteiger partial charge in [0.1, 0.15) is 5.69 Å². The van der Waals surface area contributed by atoms with E-state index in [1.54, 1.807) is 12.1 Å². The first-order valence-corrected chi connectivity index (χ1v) is 9.66. The van der Waals surface area contributed by atoms with Gasteiger partial charge in [0.05, 0.1) is 11.0 Å². The fraction of sp³-hybridized carbons (Fsp3) is 0.238. The molecule has 2 aromatic heterocycles. The maximum absolute atomic E-state index is 12.8. The summed E-state index contributed by atoms with van der Waals surface area (Å²) in [5.74, 6) is 0.285. The van der Waals surface area contributed by atoms with E-state index >= 15 is 0 Å². The van der Waals surface area contributed by atoms with E-state index in [1.165, 1.54) is 0 Å². The van der Waals surface area contributed by atoms with Gasteiger partial charge >= 0.3 is 0 Å². The van der Waals surface area contributed by atoms with Gasteiger partial charge in [-0.25, -0.2) is 4.98 Å². The number of fused-ring (bicyclic) bond motifs is 2. The fourth-order valence-corrected chi connectivity index (χ4v) is 3.43. The first-order valence-electron chi connectivity index (χ1n) is 9.28. The molecule has 4 aromatic rings. The molecule has 2 aromatic carbocycles. The number of hydrogen-bond donors (Lipinski definition) is 2. The van der Waals surface area contributed by atoms with Crippen LogP contribution < -0.4 is 5.32 Å². The summed E-state index contributed by atoms with van der Waals surface area (Å²) < 4.78 is 7.46. The molecule has 0 saturated heterocycles. The predicted molar refractivity (Wildman–Crippen MR) is 112 cm³/mol. The number of halogens is 1. The van der Waals surface area contributed by atoms with Crippen LogP contribution >= 0.6 is 11.6 Å². The van der Waals surface area contributed by atoms with Crippen molar-refractivity contribution in [3.8, 4) is 0 Å². The van der Waals surface area contributed by atoms with E-state index in [1.807, 2.05) is 47.9 Å². The quantitative estimate of drug-likeness (QED) is 0.438. The molecule has 0 radical (unpaired) electrons. The number of nitrogens with zero attached hydrogens (tertiary/aromatic N) is 2. The van der Waals surface area contributed by atoms with Gasteiger partial charge in [-0.15, -0.1) is 0 Å². The Labute approximate surface area is 167 Å². The van der Waals surface area contributed by atoms with Gasteiger partial charge in [-0.2, -0.15) is 0 Å². The molecule has 4 rings (SSSR count). The van der Waals surface area contributed by atoms with Crippen molar-refractivity contribution in [2.45, 2.75) is 19.9 Å². The number of amides is 1. The molecule has 0 bridgehead atoms. The summed E-state index contributed by atoms with van der Waals surface area (Å²) >= 11 is 6.03. The number of imidazole rings is 1. The molecule has 1 amide bonds. The summed E-state index contributed by atoms with van der Waals surface area (Å²) in [6.45, 7) is 4.04. The molecular weight excluding hydrogens is 376 g/mol. The highest BCUT2D eigenvalue weighted by Crippen LogP contribution is 2.23. The molecular formula is C21H21ClN4O2. The fourth-order valence-electron chi connectivity index (χ4n) is 3.26. The molecule has 144 valence electrons. The van der Waals surface area contributed by atoms with Gasteiger partial charge in [0.25, 0.3) is 5.91 Å². The smallest absolute Gasteiger partial charge is 0.274 e. The summed E-state index contributed by atoms with van der Waals surface area (Å²) in [7, 11) is 0. The van der Waals surface area contributed by atoms with E-state index in [0.29, 0.717) is 36.4 Å². The van der Waals surface area contributed by atoms with E-state index in [0.717, 1.165) is 28.4 Å². The van der Waals surface area contributed by atoms with Crippen molar-refractivity contribution in [2.24, 2.45) is 0 Å². The summed E-state index contributed by atoms with van der Waals surface area (Å²) in [5, 5.41) is 4.49. The van der Waals surface area contributed by atoms with E-state index in [4.69, 9.17) is 16.3 Å². The number of aromatic amines is 1. The molecule has 0 spiro atoms. The second kappa shape index (κ2) is 8.04. The molecule has 0 aliphatic heterocycles. The molecule has 6 nitrogen and oxygen atoms in total. The van der Waals surface area contributed by atoms with Gasteiger partial charge in [0.2, 0.25) is 5.95 Å². The number of carbonyl (C=O) groups is 1. The largest absolute Gasteiger partial charge is 0.382 e. The minimum atomic E-state index is -0.242. The minimum Gasteiger partial charge on any atom is -0.382 e. The van der Waals surface area contributed by atoms with Crippen LogP contribution in [0, 0.1) is 0 Å². The van der Waals surface area contributed by atoms with Crippen LogP contribution in [0.2, 0.25) is 5.02 Å². The molecule has 0 aliphatic carbocycles. The summed E-state index contributed by atoms with van der Waals surface area (Å²) in [6.07, 6.45) is 0.835. The van der Waals surface area contributed by atoms with Crippen molar-refractivity contribution >= 4 is 45.4 Å². The Morgan fingerprint density at radius 1 is 1.25 bits per heavy atom. The number of aromatic nitrogens is 3. The maximum Gasteiger partial charge on any atom is 0.274 e. The molecule has 0 atom stereocenters. The Hall–Kier alpha value is -2.83. The third-order valence-corrected chi connectivity index (χ3v) is 4.82. The highest BCUT2D eigenvalue weighted by Gasteiger charge is 2.16. The monoisotopic (exact) mass is 396 g/mol. The lowest BCUT2D eigenvalue weighted by molar-refractivity contribution is 0.102. The van der Waals surface area contributed by atoms with Crippen molar-refractivity contribution in [2.75, 3.05) is 18.5 Å². The zero-order valence-corrected chi connectivity index (χ0v) is 16.3. The van der Waals surface area contributed by atoms with Crippen molar-refractivity contribution in [1.82, 2.24) is 14.5 Å². The number of para-hydroxylation sites is 2. The molecule has 0 saturated carbocycles. The van der Waals surface area contributed by atoms with Crippen LogP contribution in [0.25, 0.3) is 21.9 Å². The van der Waals surface area contributed by atoms with Crippen LogP contribution in [0.1, 0.15) is 23.8 Å². The van der Waals surface area contributed by atoms with Gasteiger partial charge < -0.3 is 14.3 Å². The average molecular weight is 397 g/mol. The Balaban J connectivity index is 1.61. The SMILES string of the molecule is CCOCCCn1c(NC(=O)c2cc3ccc(Cl)cc3[nH]2)nc2ccccc21. The minimum absolute atomic E-state index is 0.242. The molecule has 28 heavy (non-hydrogen) atoms. The normalized spacial score (nSPS) is 11.4. The summed E-state index contributed by atoms with van der Waals surface area (Å²) in [4.78, 5) is 20.5. The number of benzene rings is 2. The number of carbonyl (C=O) groups excluding carboxylic acids is 1. The number of hydrogen-bond acceptors (Lipinski definition) is 3. The summed E-state index contributed by atoms with van der Waals surface area (Å²) in [6, 6.07) is 15.1. The maximum atomic E-state index is 12.8. The highest BCUT2D eigenvalue weighted by molar-refractivity contribution is 6.31. The number of anilines is 1. The Morgan fingerprint density at radius 2 is 2.11 bits per heavy atom. The van der Waals surface area contributed by atoms with Crippen LogP contribution in [-0.4, -0.2) is 33.7 Å². The van der Waals surface area contributed by atoms with E-state index in [-0.39, 0.29) is 5.91 Å². The highest BCUT2D eigenvalue weighted by atomic mass is 35.5. The lowest BCUT2D eigenvalue weighted by Crippen LogP contribution is -2.17. The van der Waals surface area contributed by atoms with Crippen LogP contribution in [0.3, 0.4) is 0 Å². The zero-order chi connectivity index (χ0) is 19.5. The first-order chi connectivity index (χ1) is 13.7. The van der Waals surface area contributed by atoms with Gasteiger partial charge in [0.15, 0.2) is 0 Å². The Bertz CT molecular complexity index is 1130. The standard InChI is InChI=1S/C21H21ClN4O2/c1-2-28-11-5-10-26-19-7-4-3-6-16(19)24-21(26)25-20(27)18-12-14-8-9-15(22)13-17(14)23-18/h3-4,6-9,12-13,23H,2,5,10-11H2,1H3,(H,24,25,27). The molecule has 2 heterocycles. The number of aryl methyl sites for hydroxylation is 1. The third-order valence-electron chi connectivity index (χ3n) is 4.58. The van der Waals surface area contributed by atoms with Gasteiger partial charge in [0, 0.05) is 35.7 Å². The zero-order valence-electron chi connectivity index (χ0n) is 15.5. The van der Waals surface area contributed by atoms with Crippen LogP contribution in [0.5, 0.6) is 0 Å². The van der Waals surface area contributed by atoms with E-state index in [9.17, 15) is 4.79 Å². The topological polar surface area (TPSA) is 71.9 Å². The van der Waals surface area contributed by atoms with Crippen molar-refractivity contribution in [3.63, 3.8) is 0 Å². The predicted octanol–water partition coefficient (Wildman–Crippen LogP) is 4.85. The second-order valence-corrected chi connectivity index (χ2v) is 6.93. The van der Waals surface area contributed by atoms with Crippen LogP contribution in [-0.2, 0) is 11.3 Å². The average Bonchev–Trinajstić information content (AvgIpc) is 3.26. The number of nitrogens with one attached hydrogen (secondary N) is 2.